The van der Waals surface area contributed by atoms with Gasteiger partial charge in [0.2, 0.25) is 0 Å². The normalized spacial score (nSPS) is 15.2. The number of para-hydroxylation sites is 1. The Kier molecular flexibility index (Phi) is 5.35. The number of carbonyl (C=O) groups is 1. The lowest BCUT2D eigenvalue weighted by molar-refractivity contribution is -0.118. The number of nitrogens with one attached hydrogen (secondary N) is 1. The molecule has 5 heteroatoms. The van der Waals surface area contributed by atoms with Crippen LogP contribution in [0.25, 0.3) is 0 Å². The lowest BCUT2D eigenvalue weighted by Crippen LogP contribution is -2.21. The maximum absolute atomic E-state index is 12.4. The number of anilines is 1. The number of carbonyl (C=O) groups excluding carboxylic acids is 1. The van der Waals surface area contributed by atoms with Crippen LogP contribution in [0.4, 0.5) is 5.69 Å². The third-order valence-electron chi connectivity index (χ3n) is 4.33. The molecule has 0 unspecified atom stereocenters. The van der Waals surface area contributed by atoms with Crippen LogP contribution in [-0.2, 0) is 11.2 Å². The van der Waals surface area contributed by atoms with E-state index in [1.54, 1.807) is 0 Å². The Morgan fingerprint density at radius 1 is 1.23 bits per heavy atom. The Morgan fingerprint density at radius 2 is 1.96 bits per heavy atom. The molecule has 1 N–H and O–H groups in total. The fraction of sp³-hybridized carbons (Fsp3) is 0.381. The minimum Gasteiger partial charge on any atom is -0.492 e. The second kappa shape index (κ2) is 7.68. The van der Waals surface area contributed by atoms with Crippen LogP contribution in [0.3, 0.4) is 0 Å². The molecule has 0 saturated carbocycles. The molecule has 2 aromatic carbocycles. The molecule has 1 atom stereocenters. The topological polar surface area (TPSA) is 56.8 Å². The van der Waals surface area contributed by atoms with Gasteiger partial charge in [0, 0.05) is 18.1 Å². The zero-order valence-electron chi connectivity index (χ0n) is 15.7. The second-order valence-electron chi connectivity index (χ2n) is 6.58. The number of hydrogen-bond donors (Lipinski definition) is 1. The van der Waals surface area contributed by atoms with Crippen molar-refractivity contribution in [3.05, 3.63) is 47.0 Å². The lowest BCUT2D eigenvalue weighted by Gasteiger charge is -2.15. The fourth-order valence-electron chi connectivity index (χ4n) is 3.16. The quantitative estimate of drug-likeness (QED) is 0.849. The predicted octanol–water partition coefficient (Wildman–Crippen LogP) is 4.04. The first kappa shape index (κ1) is 18.1. The first-order valence-electron chi connectivity index (χ1n) is 8.93. The van der Waals surface area contributed by atoms with Crippen molar-refractivity contribution < 1.29 is 19.0 Å². The average molecular weight is 355 g/mol. The van der Waals surface area contributed by atoms with Crippen molar-refractivity contribution in [2.75, 3.05) is 18.5 Å². The van der Waals surface area contributed by atoms with Gasteiger partial charge in [0.1, 0.15) is 23.4 Å². The minimum absolute atomic E-state index is 0.0639. The molecule has 1 aliphatic heterocycles. The smallest absolute Gasteiger partial charge is 0.262 e. The number of rotatable bonds is 6. The van der Waals surface area contributed by atoms with E-state index < -0.39 is 0 Å². The third-order valence-corrected chi connectivity index (χ3v) is 4.33. The molecular weight excluding hydrogens is 330 g/mol. The van der Waals surface area contributed by atoms with E-state index in [4.69, 9.17) is 14.2 Å². The molecule has 1 heterocycles. The summed E-state index contributed by atoms with van der Waals surface area (Å²) in [6.07, 6.45) is 0.983. The molecular formula is C21H25NO4. The predicted molar refractivity (Wildman–Crippen MR) is 101 cm³/mol. The van der Waals surface area contributed by atoms with Crippen molar-refractivity contribution >= 4 is 11.6 Å². The summed E-state index contributed by atoms with van der Waals surface area (Å²) >= 11 is 0. The van der Waals surface area contributed by atoms with E-state index in [0.717, 1.165) is 34.6 Å². The van der Waals surface area contributed by atoms with Crippen LogP contribution in [0.1, 0.15) is 30.5 Å². The van der Waals surface area contributed by atoms with E-state index >= 15 is 0 Å². The maximum Gasteiger partial charge on any atom is 0.262 e. The zero-order valence-corrected chi connectivity index (χ0v) is 15.7. The van der Waals surface area contributed by atoms with E-state index in [1.807, 2.05) is 58.0 Å². The highest BCUT2D eigenvalue weighted by Crippen LogP contribution is 2.38. The molecule has 26 heavy (non-hydrogen) atoms. The number of ether oxygens (including phenoxy) is 3. The molecule has 0 radical (unpaired) electrons. The monoisotopic (exact) mass is 355 g/mol. The summed E-state index contributed by atoms with van der Waals surface area (Å²) in [5.74, 6) is 1.97. The van der Waals surface area contributed by atoms with Crippen LogP contribution in [0.15, 0.2) is 30.3 Å². The summed E-state index contributed by atoms with van der Waals surface area (Å²) in [7, 11) is 0. The Morgan fingerprint density at radius 3 is 2.65 bits per heavy atom. The molecule has 0 bridgehead atoms. The number of hydrogen-bond acceptors (Lipinski definition) is 4. The first-order chi connectivity index (χ1) is 12.5. The molecule has 0 fully saturated rings. The van der Waals surface area contributed by atoms with Gasteiger partial charge in [-0.2, -0.15) is 0 Å². The van der Waals surface area contributed by atoms with Gasteiger partial charge in [-0.1, -0.05) is 18.2 Å². The van der Waals surface area contributed by atoms with Gasteiger partial charge in [0.15, 0.2) is 6.61 Å². The minimum atomic E-state index is -0.236. The summed E-state index contributed by atoms with van der Waals surface area (Å²) in [5.41, 5.74) is 3.72. The van der Waals surface area contributed by atoms with Crippen molar-refractivity contribution in [3.63, 3.8) is 0 Å². The van der Waals surface area contributed by atoms with Gasteiger partial charge >= 0.3 is 0 Å². The number of fused-ring (bicyclic) bond motifs is 1. The van der Waals surface area contributed by atoms with Crippen LogP contribution in [0, 0.1) is 13.8 Å². The molecule has 1 amide bonds. The molecule has 0 saturated heterocycles. The Labute approximate surface area is 154 Å². The summed E-state index contributed by atoms with van der Waals surface area (Å²) in [5, 5.41) is 2.88. The van der Waals surface area contributed by atoms with E-state index in [2.05, 4.69) is 5.32 Å². The molecule has 2 aromatic rings. The fourth-order valence-corrected chi connectivity index (χ4v) is 3.16. The highest BCUT2D eigenvalue weighted by Gasteiger charge is 2.22. The Hall–Kier alpha value is -2.69. The van der Waals surface area contributed by atoms with Crippen LogP contribution in [0.2, 0.25) is 0 Å². The van der Waals surface area contributed by atoms with Crippen molar-refractivity contribution in [3.8, 4) is 17.2 Å². The molecule has 1 aliphatic rings. The van der Waals surface area contributed by atoms with E-state index in [0.29, 0.717) is 18.0 Å². The Balaban J connectivity index is 1.72. The number of amides is 1. The summed E-state index contributed by atoms with van der Waals surface area (Å²) < 4.78 is 17.2. The molecule has 5 nitrogen and oxygen atoms in total. The highest BCUT2D eigenvalue weighted by atomic mass is 16.5. The van der Waals surface area contributed by atoms with Gasteiger partial charge in [-0.25, -0.2) is 0 Å². The molecule has 138 valence electrons. The van der Waals surface area contributed by atoms with Crippen molar-refractivity contribution in [2.45, 2.75) is 40.2 Å². The first-order valence-corrected chi connectivity index (χ1v) is 8.93. The van der Waals surface area contributed by atoms with Crippen LogP contribution >= 0.6 is 0 Å². The third kappa shape index (κ3) is 3.93. The summed E-state index contributed by atoms with van der Waals surface area (Å²) in [6, 6.07) is 9.68. The average Bonchev–Trinajstić information content (AvgIpc) is 2.94. The van der Waals surface area contributed by atoms with Gasteiger partial charge < -0.3 is 19.5 Å². The Bertz CT molecular complexity index is 796. The molecule has 0 spiro atoms. The summed E-state index contributed by atoms with van der Waals surface area (Å²) in [4.78, 5) is 12.4. The van der Waals surface area contributed by atoms with Gasteiger partial charge in [0.25, 0.3) is 5.91 Å². The SMILES string of the molecule is CCOc1cc2c(cc1NC(=O)COc1c(C)cccc1C)O[C@H](C)C2. The van der Waals surface area contributed by atoms with E-state index in [-0.39, 0.29) is 18.6 Å². The van der Waals surface area contributed by atoms with Crippen LogP contribution < -0.4 is 19.5 Å². The highest BCUT2D eigenvalue weighted by molar-refractivity contribution is 5.93. The lowest BCUT2D eigenvalue weighted by atomic mass is 10.1. The van der Waals surface area contributed by atoms with Crippen LogP contribution in [-0.4, -0.2) is 25.2 Å². The largest absolute Gasteiger partial charge is 0.492 e. The van der Waals surface area contributed by atoms with Gasteiger partial charge in [-0.3, -0.25) is 4.79 Å². The van der Waals surface area contributed by atoms with Crippen LogP contribution in [0.5, 0.6) is 17.2 Å². The van der Waals surface area contributed by atoms with E-state index in [9.17, 15) is 4.79 Å². The maximum atomic E-state index is 12.4. The van der Waals surface area contributed by atoms with Crippen molar-refractivity contribution in [1.29, 1.82) is 0 Å². The van der Waals surface area contributed by atoms with Gasteiger partial charge in [-0.15, -0.1) is 0 Å². The number of benzene rings is 2. The van der Waals surface area contributed by atoms with E-state index in [1.165, 1.54) is 0 Å². The van der Waals surface area contributed by atoms with Crippen molar-refractivity contribution in [1.82, 2.24) is 0 Å². The second-order valence-corrected chi connectivity index (χ2v) is 6.58. The molecule has 0 aromatic heterocycles. The molecule has 0 aliphatic carbocycles. The van der Waals surface area contributed by atoms with Gasteiger partial charge in [-0.05, 0) is 44.9 Å². The van der Waals surface area contributed by atoms with Gasteiger partial charge in [0.05, 0.1) is 12.3 Å². The molecule has 3 rings (SSSR count). The standard InChI is InChI=1S/C21H25NO4/c1-5-24-19-10-16-9-15(4)26-18(16)11-17(19)22-20(23)12-25-21-13(2)7-6-8-14(21)3/h6-8,10-11,15H,5,9,12H2,1-4H3,(H,22,23)/t15-/m1/s1. The summed E-state index contributed by atoms with van der Waals surface area (Å²) in [6.45, 7) is 8.33. The number of aryl methyl sites for hydroxylation is 2. The zero-order chi connectivity index (χ0) is 18.7. The van der Waals surface area contributed by atoms with Crippen molar-refractivity contribution in [2.24, 2.45) is 0 Å².